The van der Waals surface area contributed by atoms with Crippen LogP contribution in [0.15, 0.2) is 24.3 Å². The topological polar surface area (TPSA) is 43.7 Å². The largest absolute Gasteiger partial charge is 0.396 e. The van der Waals surface area contributed by atoms with E-state index in [2.05, 4.69) is 11.8 Å². The van der Waals surface area contributed by atoms with E-state index < -0.39 is 6.10 Å². The molecule has 0 fully saturated rings. The number of aryl methyl sites for hydroxylation is 1. The van der Waals surface area contributed by atoms with Crippen molar-refractivity contribution in [2.45, 2.75) is 32.8 Å². The van der Waals surface area contributed by atoms with Gasteiger partial charge in [0, 0.05) is 19.7 Å². The Kier molecular flexibility index (Phi) is 6.94. The van der Waals surface area contributed by atoms with E-state index >= 15 is 0 Å². The van der Waals surface area contributed by atoms with Crippen molar-refractivity contribution in [3.63, 3.8) is 0 Å². The predicted molar refractivity (Wildman–Crippen MR) is 74.6 cm³/mol. The molecule has 0 aliphatic heterocycles. The Morgan fingerprint density at radius 1 is 1.17 bits per heavy atom. The lowest BCUT2D eigenvalue weighted by molar-refractivity contribution is 0.140. The van der Waals surface area contributed by atoms with Gasteiger partial charge in [0.15, 0.2) is 0 Å². The van der Waals surface area contributed by atoms with E-state index in [4.69, 9.17) is 5.11 Å². The molecule has 0 aliphatic rings. The molecule has 1 unspecified atom stereocenters. The minimum Gasteiger partial charge on any atom is -0.396 e. The monoisotopic (exact) mass is 251 g/mol. The van der Waals surface area contributed by atoms with Crippen LogP contribution in [0.1, 0.15) is 37.0 Å². The fraction of sp³-hybridized carbons (Fsp3) is 0.600. The second kappa shape index (κ2) is 8.25. The second-order valence-corrected chi connectivity index (χ2v) is 4.73. The van der Waals surface area contributed by atoms with E-state index in [0.29, 0.717) is 0 Å². The van der Waals surface area contributed by atoms with Gasteiger partial charge < -0.3 is 15.1 Å². The summed E-state index contributed by atoms with van der Waals surface area (Å²) in [4.78, 5) is 2.26. The van der Waals surface area contributed by atoms with Gasteiger partial charge in [-0.2, -0.15) is 0 Å². The summed E-state index contributed by atoms with van der Waals surface area (Å²) in [5, 5.41) is 18.9. The van der Waals surface area contributed by atoms with Crippen LogP contribution in [0.5, 0.6) is 0 Å². The first kappa shape index (κ1) is 15.2. The lowest BCUT2D eigenvalue weighted by Gasteiger charge is -2.21. The Morgan fingerprint density at radius 2 is 1.83 bits per heavy atom. The molecule has 0 saturated carbocycles. The lowest BCUT2D eigenvalue weighted by atomic mass is 10.0. The number of benzene rings is 1. The Labute approximate surface area is 110 Å². The van der Waals surface area contributed by atoms with Crippen molar-refractivity contribution in [2.24, 2.45) is 0 Å². The minimum atomic E-state index is -0.395. The van der Waals surface area contributed by atoms with Crippen molar-refractivity contribution in [1.29, 1.82) is 0 Å². The maximum atomic E-state index is 10.1. The maximum absolute atomic E-state index is 10.1. The van der Waals surface area contributed by atoms with Gasteiger partial charge >= 0.3 is 0 Å². The third-order valence-electron chi connectivity index (χ3n) is 3.26. The van der Waals surface area contributed by atoms with Gasteiger partial charge in [0.25, 0.3) is 0 Å². The van der Waals surface area contributed by atoms with E-state index in [1.165, 1.54) is 5.56 Å². The Hall–Kier alpha value is -0.900. The highest BCUT2D eigenvalue weighted by Gasteiger charge is 2.09. The number of nitrogens with zero attached hydrogens (tertiary/aromatic N) is 1. The molecule has 0 heterocycles. The van der Waals surface area contributed by atoms with Crippen LogP contribution < -0.4 is 0 Å². The molecule has 0 radical (unpaired) electrons. The SMILES string of the molecule is CCN(CCCO)CCC(O)c1ccc(C)cc1. The van der Waals surface area contributed by atoms with Gasteiger partial charge in [0.05, 0.1) is 6.10 Å². The highest BCUT2D eigenvalue weighted by atomic mass is 16.3. The van der Waals surface area contributed by atoms with Gasteiger partial charge in [-0.3, -0.25) is 0 Å². The standard InChI is InChI=1S/C15H25NO2/c1-3-16(10-4-12-17)11-9-15(18)14-7-5-13(2)6-8-14/h5-8,15,17-18H,3-4,9-12H2,1-2H3. The quantitative estimate of drug-likeness (QED) is 0.744. The molecule has 0 aromatic heterocycles. The van der Waals surface area contributed by atoms with Gasteiger partial charge in [-0.1, -0.05) is 36.8 Å². The van der Waals surface area contributed by atoms with Crippen LogP contribution in [-0.4, -0.2) is 41.4 Å². The molecular formula is C15H25NO2. The molecule has 1 rings (SSSR count). The zero-order valence-corrected chi connectivity index (χ0v) is 11.5. The zero-order valence-electron chi connectivity index (χ0n) is 11.5. The average Bonchev–Trinajstić information content (AvgIpc) is 2.39. The molecule has 0 amide bonds. The van der Waals surface area contributed by atoms with Crippen molar-refractivity contribution in [1.82, 2.24) is 4.90 Å². The van der Waals surface area contributed by atoms with Gasteiger partial charge in [-0.25, -0.2) is 0 Å². The normalized spacial score (nSPS) is 12.9. The van der Waals surface area contributed by atoms with E-state index in [-0.39, 0.29) is 6.61 Å². The fourth-order valence-corrected chi connectivity index (χ4v) is 1.98. The van der Waals surface area contributed by atoms with Crippen LogP contribution >= 0.6 is 0 Å². The summed E-state index contributed by atoms with van der Waals surface area (Å²) in [6.07, 6.45) is 1.14. The zero-order chi connectivity index (χ0) is 13.4. The van der Waals surface area contributed by atoms with Crippen LogP contribution in [0.2, 0.25) is 0 Å². The fourth-order valence-electron chi connectivity index (χ4n) is 1.98. The summed E-state index contributed by atoms with van der Waals surface area (Å²) in [6, 6.07) is 8.04. The van der Waals surface area contributed by atoms with E-state index in [1.54, 1.807) is 0 Å². The molecule has 0 spiro atoms. The smallest absolute Gasteiger partial charge is 0.0802 e. The molecule has 102 valence electrons. The summed E-state index contributed by atoms with van der Waals surface area (Å²) >= 11 is 0. The summed E-state index contributed by atoms with van der Waals surface area (Å²) in [5.74, 6) is 0. The van der Waals surface area contributed by atoms with Gasteiger partial charge in [-0.05, 0) is 31.9 Å². The van der Waals surface area contributed by atoms with Crippen molar-refractivity contribution < 1.29 is 10.2 Å². The highest BCUT2D eigenvalue weighted by molar-refractivity contribution is 5.22. The Morgan fingerprint density at radius 3 is 2.39 bits per heavy atom. The summed E-state index contributed by atoms with van der Waals surface area (Å²) in [7, 11) is 0. The average molecular weight is 251 g/mol. The van der Waals surface area contributed by atoms with Crippen molar-refractivity contribution in [3.05, 3.63) is 35.4 Å². The van der Waals surface area contributed by atoms with Gasteiger partial charge in [-0.15, -0.1) is 0 Å². The molecular weight excluding hydrogens is 226 g/mol. The van der Waals surface area contributed by atoms with Crippen molar-refractivity contribution in [2.75, 3.05) is 26.2 Å². The highest BCUT2D eigenvalue weighted by Crippen LogP contribution is 2.17. The molecule has 1 aromatic rings. The molecule has 2 N–H and O–H groups in total. The van der Waals surface area contributed by atoms with Crippen LogP contribution in [-0.2, 0) is 0 Å². The number of rotatable bonds is 8. The molecule has 3 nitrogen and oxygen atoms in total. The van der Waals surface area contributed by atoms with E-state index in [0.717, 1.165) is 38.0 Å². The first-order valence-corrected chi connectivity index (χ1v) is 6.75. The second-order valence-electron chi connectivity index (χ2n) is 4.73. The van der Waals surface area contributed by atoms with Crippen LogP contribution in [0, 0.1) is 6.92 Å². The lowest BCUT2D eigenvalue weighted by Crippen LogP contribution is -2.27. The number of hydrogen-bond donors (Lipinski definition) is 2. The first-order valence-electron chi connectivity index (χ1n) is 6.75. The Bertz CT molecular complexity index is 324. The van der Waals surface area contributed by atoms with Crippen molar-refractivity contribution in [3.8, 4) is 0 Å². The number of hydrogen-bond acceptors (Lipinski definition) is 3. The third-order valence-corrected chi connectivity index (χ3v) is 3.26. The van der Waals surface area contributed by atoms with E-state index in [1.807, 2.05) is 31.2 Å². The summed E-state index contributed by atoms with van der Waals surface area (Å²) in [5.41, 5.74) is 2.20. The van der Waals surface area contributed by atoms with E-state index in [9.17, 15) is 5.11 Å². The predicted octanol–water partition coefficient (Wildman–Crippen LogP) is 2.12. The minimum absolute atomic E-state index is 0.233. The van der Waals surface area contributed by atoms with Crippen LogP contribution in [0.25, 0.3) is 0 Å². The molecule has 3 heteroatoms. The maximum Gasteiger partial charge on any atom is 0.0802 e. The first-order chi connectivity index (χ1) is 8.67. The van der Waals surface area contributed by atoms with Crippen LogP contribution in [0.3, 0.4) is 0 Å². The molecule has 0 bridgehead atoms. The molecule has 1 atom stereocenters. The van der Waals surface area contributed by atoms with Crippen LogP contribution in [0.4, 0.5) is 0 Å². The Balaban J connectivity index is 2.39. The van der Waals surface area contributed by atoms with Gasteiger partial charge in [0.1, 0.15) is 0 Å². The third kappa shape index (κ3) is 5.17. The summed E-state index contributed by atoms with van der Waals surface area (Å²) in [6.45, 7) is 7.11. The van der Waals surface area contributed by atoms with Gasteiger partial charge in [0.2, 0.25) is 0 Å². The summed E-state index contributed by atoms with van der Waals surface area (Å²) < 4.78 is 0. The molecule has 1 aromatic carbocycles. The molecule has 0 aliphatic carbocycles. The number of aliphatic hydroxyl groups is 2. The molecule has 18 heavy (non-hydrogen) atoms. The number of aliphatic hydroxyl groups excluding tert-OH is 2. The molecule has 0 saturated heterocycles. The van der Waals surface area contributed by atoms with Crippen molar-refractivity contribution >= 4 is 0 Å².